The van der Waals surface area contributed by atoms with Crippen LogP contribution >= 0.6 is 0 Å². The second-order valence-corrected chi connectivity index (χ2v) is 5.83. The smallest absolute Gasteiger partial charge is 0.308 e. The fourth-order valence-electron chi connectivity index (χ4n) is 2.87. The van der Waals surface area contributed by atoms with E-state index in [-0.39, 0.29) is 11.8 Å². The Bertz CT molecular complexity index is 745. The molecule has 0 radical (unpaired) electrons. The number of nitrogens with one attached hydrogen (secondary N) is 2. The number of Topliss-reactive ketones (excluding diaryl/α,β-unsaturated/α-hetero) is 1. The molecule has 112 valence electrons. The van der Waals surface area contributed by atoms with Crippen molar-refractivity contribution in [3.8, 4) is 0 Å². The van der Waals surface area contributed by atoms with Crippen LogP contribution in [-0.4, -0.2) is 11.8 Å². The Hall–Kier alpha value is -2.62. The summed E-state index contributed by atoms with van der Waals surface area (Å²) in [5.74, 6) is 0.229. The van der Waals surface area contributed by atoms with Gasteiger partial charge in [-0.05, 0) is 60.4 Å². The first-order valence-electron chi connectivity index (χ1n) is 7.29. The fourth-order valence-corrected chi connectivity index (χ4v) is 2.87. The molecule has 4 nitrogen and oxygen atoms in total. The molecule has 1 aliphatic rings. The highest BCUT2D eigenvalue weighted by atomic mass is 16.2. The number of aryl methyl sites for hydroxylation is 2. The third kappa shape index (κ3) is 3.17. The molecule has 0 fully saturated rings. The van der Waals surface area contributed by atoms with E-state index in [1.54, 1.807) is 0 Å². The van der Waals surface area contributed by atoms with Crippen molar-refractivity contribution in [3.63, 3.8) is 0 Å². The summed E-state index contributed by atoms with van der Waals surface area (Å²) in [6, 6.07) is 11.2. The number of carbonyl (C=O) groups excluding carboxylic acids is 2. The number of anilines is 2. The van der Waals surface area contributed by atoms with Crippen LogP contribution in [0.4, 0.5) is 16.2 Å². The molecule has 0 unspecified atom stereocenters. The highest BCUT2D eigenvalue weighted by molar-refractivity contribution is 6.00. The minimum atomic E-state index is -0.283. The van der Waals surface area contributed by atoms with Crippen molar-refractivity contribution in [2.75, 3.05) is 10.6 Å². The molecule has 1 aliphatic carbocycles. The first-order valence-corrected chi connectivity index (χ1v) is 7.29. The second-order valence-electron chi connectivity index (χ2n) is 5.83. The maximum Gasteiger partial charge on any atom is 0.323 e. The van der Waals surface area contributed by atoms with E-state index in [1.165, 1.54) is 0 Å². The van der Waals surface area contributed by atoms with Gasteiger partial charge >= 0.3 is 6.03 Å². The van der Waals surface area contributed by atoms with Crippen molar-refractivity contribution < 1.29 is 9.59 Å². The van der Waals surface area contributed by atoms with Crippen LogP contribution in [0.2, 0.25) is 0 Å². The maximum atomic E-state index is 12.1. The molecule has 3 rings (SSSR count). The maximum absolute atomic E-state index is 12.1. The molecule has 0 atom stereocenters. The van der Waals surface area contributed by atoms with Crippen molar-refractivity contribution in [1.82, 2.24) is 0 Å². The van der Waals surface area contributed by atoms with E-state index >= 15 is 0 Å². The molecule has 4 heteroatoms. The van der Waals surface area contributed by atoms with Gasteiger partial charge in [-0.1, -0.05) is 12.1 Å². The SMILES string of the molecule is Cc1cc(C)cc(NC(=O)Nc2ccc3c(c2)CC(=O)C3)c1. The van der Waals surface area contributed by atoms with Crippen LogP contribution in [0.3, 0.4) is 0 Å². The first-order chi connectivity index (χ1) is 10.5. The minimum absolute atomic E-state index is 0.229. The number of benzene rings is 2. The fraction of sp³-hybridized carbons (Fsp3) is 0.222. The van der Waals surface area contributed by atoms with E-state index in [9.17, 15) is 9.59 Å². The molecule has 0 saturated carbocycles. The van der Waals surface area contributed by atoms with Crippen LogP contribution in [-0.2, 0) is 17.6 Å². The van der Waals surface area contributed by atoms with Crippen LogP contribution in [0.25, 0.3) is 0 Å². The molecule has 0 aromatic heterocycles. The quantitative estimate of drug-likeness (QED) is 0.889. The van der Waals surface area contributed by atoms with E-state index in [2.05, 4.69) is 16.7 Å². The third-order valence-corrected chi connectivity index (χ3v) is 3.72. The van der Waals surface area contributed by atoms with Crippen molar-refractivity contribution in [1.29, 1.82) is 0 Å². The largest absolute Gasteiger partial charge is 0.323 e. The first kappa shape index (κ1) is 14.3. The standard InChI is InChI=1S/C18H18N2O2/c1-11-5-12(2)7-16(6-11)20-18(22)19-15-4-3-13-9-17(21)10-14(13)8-15/h3-8H,9-10H2,1-2H3,(H2,19,20,22). The lowest BCUT2D eigenvalue weighted by atomic mass is 10.1. The molecule has 0 saturated heterocycles. The molecule has 2 N–H and O–H groups in total. The van der Waals surface area contributed by atoms with Gasteiger partial charge in [0.05, 0.1) is 0 Å². The molecular formula is C18H18N2O2. The Morgan fingerprint density at radius 1 is 0.864 bits per heavy atom. The Morgan fingerprint density at radius 3 is 2.23 bits per heavy atom. The third-order valence-electron chi connectivity index (χ3n) is 3.72. The van der Waals surface area contributed by atoms with Gasteiger partial charge in [0, 0.05) is 24.2 Å². The Morgan fingerprint density at radius 2 is 1.50 bits per heavy atom. The average Bonchev–Trinajstić information content (AvgIpc) is 2.76. The summed E-state index contributed by atoms with van der Waals surface area (Å²) in [4.78, 5) is 23.5. The van der Waals surface area contributed by atoms with Gasteiger partial charge in [-0.3, -0.25) is 4.79 Å². The number of hydrogen-bond acceptors (Lipinski definition) is 2. The lowest BCUT2D eigenvalue weighted by Gasteiger charge is -2.10. The normalized spacial score (nSPS) is 12.9. The van der Waals surface area contributed by atoms with Crippen LogP contribution in [0, 0.1) is 13.8 Å². The Balaban J connectivity index is 1.69. The second kappa shape index (κ2) is 5.64. The summed E-state index contributed by atoms with van der Waals surface area (Å²) in [6.07, 6.45) is 0.966. The van der Waals surface area contributed by atoms with Gasteiger partial charge in [-0.2, -0.15) is 0 Å². The van der Waals surface area contributed by atoms with E-state index in [0.29, 0.717) is 18.5 Å². The Kier molecular flexibility index (Phi) is 3.67. The zero-order valence-corrected chi connectivity index (χ0v) is 12.7. The van der Waals surface area contributed by atoms with Crippen molar-refractivity contribution in [3.05, 3.63) is 58.7 Å². The topological polar surface area (TPSA) is 58.2 Å². The summed E-state index contributed by atoms with van der Waals surface area (Å²) < 4.78 is 0. The van der Waals surface area contributed by atoms with E-state index in [0.717, 1.165) is 27.9 Å². The predicted octanol–water partition coefficient (Wildman–Crippen LogP) is 3.62. The summed E-state index contributed by atoms with van der Waals surface area (Å²) in [7, 11) is 0. The van der Waals surface area contributed by atoms with Gasteiger partial charge in [-0.15, -0.1) is 0 Å². The number of fused-ring (bicyclic) bond motifs is 1. The monoisotopic (exact) mass is 294 g/mol. The molecule has 0 aliphatic heterocycles. The summed E-state index contributed by atoms with van der Waals surface area (Å²) in [5, 5.41) is 5.64. The number of rotatable bonds is 2. The minimum Gasteiger partial charge on any atom is -0.308 e. The van der Waals surface area contributed by atoms with Crippen molar-refractivity contribution >= 4 is 23.2 Å². The zero-order chi connectivity index (χ0) is 15.7. The van der Waals surface area contributed by atoms with E-state index < -0.39 is 0 Å². The number of ketones is 1. The summed E-state index contributed by atoms with van der Waals surface area (Å²) in [5.41, 5.74) is 5.75. The van der Waals surface area contributed by atoms with Gasteiger partial charge < -0.3 is 10.6 Å². The molecular weight excluding hydrogens is 276 g/mol. The average molecular weight is 294 g/mol. The van der Waals surface area contributed by atoms with Gasteiger partial charge in [-0.25, -0.2) is 4.79 Å². The summed E-state index contributed by atoms with van der Waals surface area (Å²) in [6.45, 7) is 3.99. The predicted molar refractivity (Wildman–Crippen MR) is 87.4 cm³/mol. The van der Waals surface area contributed by atoms with Crippen molar-refractivity contribution in [2.45, 2.75) is 26.7 Å². The lowest BCUT2D eigenvalue weighted by molar-refractivity contribution is -0.117. The molecule has 0 bridgehead atoms. The summed E-state index contributed by atoms with van der Waals surface area (Å²) >= 11 is 0. The zero-order valence-electron chi connectivity index (χ0n) is 12.7. The molecule has 0 heterocycles. The number of carbonyl (C=O) groups is 2. The van der Waals surface area contributed by atoms with Gasteiger partial charge in [0.15, 0.2) is 0 Å². The van der Waals surface area contributed by atoms with E-state index in [1.807, 2.05) is 44.2 Å². The highest BCUT2D eigenvalue weighted by Gasteiger charge is 2.18. The van der Waals surface area contributed by atoms with Gasteiger partial charge in [0.1, 0.15) is 5.78 Å². The van der Waals surface area contributed by atoms with Crippen molar-refractivity contribution in [2.24, 2.45) is 0 Å². The number of amides is 2. The van der Waals surface area contributed by atoms with Gasteiger partial charge in [0.25, 0.3) is 0 Å². The number of urea groups is 1. The Labute approximate surface area is 129 Å². The molecule has 2 aromatic rings. The lowest BCUT2D eigenvalue weighted by Crippen LogP contribution is -2.19. The van der Waals surface area contributed by atoms with Crippen LogP contribution in [0.1, 0.15) is 22.3 Å². The van der Waals surface area contributed by atoms with Crippen LogP contribution in [0.5, 0.6) is 0 Å². The van der Waals surface area contributed by atoms with Gasteiger partial charge in [0.2, 0.25) is 0 Å². The van der Waals surface area contributed by atoms with Crippen LogP contribution in [0.15, 0.2) is 36.4 Å². The number of hydrogen-bond donors (Lipinski definition) is 2. The molecule has 2 aromatic carbocycles. The molecule has 22 heavy (non-hydrogen) atoms. The van der Waals surface area contributed by atoms with Crippen LogP contribution < -0.4 is 10.6 Å². The van der Waals surface area contributed by atoms with E-state index in [4.69, 9.17) is 0 Å². The molecule has 0 spiro atoms. The highest BCUT2D eigenvalue weighted by Crippen LogP contribution is 2.23. The molecule has 2 amide bonds.